The van der Waals surface area contributed by atoms with Crippen molar-refractivity contribution in [2.45, 2.75) is 18.9 Å². The monoisotopic (exact) mass is 345 g/mol. The first-order chi connectivity index (χ1) is 11.9. The van der Waals surface area contributed by atoms with Crippen LogP contribution in [0.2, 0.25) is 0 Å². The largest absolute Gasteiger partial charge is 0.480 e. The Labute approximate surface area is 143 Å². The van der Waals surface area contributed by atoms with E-state index < -0.39 is 23.7 Å². The second kappa shape index (κ2) is 7.95. The smallest absolute Gasteiger partial charge is 0.326 e. The van der Waals surface area contributed by atoms with Crippen molar-refractivity contribution in [2.75, 3.05) is 6.54 Å². The number of aliphatic imine (C=N–C) groups is 1. The summed E-state index contributed by atoms with van der Waals surface area (Å²) < 4.78 is 0. The second-order valence-electron chi connectivity index (χ2n) is 5.39. The van der Waals surface area contributed by atoms with E-state index in [4.69, 9.17) is 11.5 Å². The number of carboxylic acid groups (broad SMARTS) is 1. The Morgan fingerprint density at radius 3 is 2.64 bits per heavy atom. The molecule has 0 spiro atoms. The fourth-order valence-electron chi connectivity index (χ4n) is 2.37. The highest BCUT2D eigenvalue weighted by molar-refractivity contribution is 6.45. The number of carbonyl (C=O) groups is 3. The Balaban J connectivity index is 2.03. The van der Waals surface area contributed by atoms with Crippen LogP contribution in [0.25, 0.3) is 10.9 Å². The molecule has 0 fully saturated rings. The Morgan fingerprint density at radius 1 is 1.24 bits per heavy atom. The molecule has 0 saturated heterocycles. The molecular weight excluding hydrogens is 326 g/mol. The Bertz CT molecular complexity index is 823. The normalized spacial score (nSPS) is 11.7. The Kier molecular flexibility index (Phi) is 5.72. The molecule has 25 heavy (non-hydrogen) atoms. The molecule has 0 aliphatic rings. The van der Waals surface area contributed by atoms with Gasteiger partial charge >= 0.3 is 5.97 Å². The van der Waals surface area contributed by atoms with Gasteiger partial charge in [0, 0.05) is 23.6 Å². The molecule has 0 saturated carbocycles. The van der Waals surface area contributed by atoms with Gasteiger partial charge in [-0.05, 0) is 18.9 Å². The number of H-pyrrole nitrogens is 1. The van der Waals surface area contributed by atoms with E-state index in [1.807, 2.05) is 0 Å². The molecule has 0 aliphatic heterocycles. The molecule has 9 heteroatoms. The van der Waals surface area contributed by atoms with E-state index in [0.717, 1.165) is 0 Å². The van der Waals surface area contributed by atoms with Crippen molar-refractivity contribution in [2.24, 2.45) is 16.5 Å². The van der Waals surface area contributed by atoms with Gasteiger partial charge in [0.25, 0.3) is 11.7 Å². The third-order valence-corrected chi connectivity index (χ3v) is 3.59. The lowest BCUT2D eigenvalue weighted by Crippen LogP contribution is -2.44. The summed E-state index contributed by atoms with van der Waals surface area (Å²) >= 11 is 0. The number of hydrogen-bond acceptors (Lipinski definition) is 4. The standard InChI is InChI=1S/C16H19N5O4/c17-16(18)19-7-3-6-12(15(24)25)21-14(23)13(22)10-8-20-11-5-2-1-4-9(10)11/h1-2,4-5,8,12,20H,3,6-7H2,(H,21,23)(H,24,25)(H4,17,18,19)/t12-/m1/s1. The number of aliphatic carboxylic acids is 1. The average Bonchev–Trinajstić information content (AvgIpc) is 3.00. The molecule has 0 bridgehead atoms. The highest BCUT2D eigenvalue weighted by Crippen LogP contribution is 2.18. The van der Waals surface area contributed by atoms with Gasteiger partial charge in [-0.15, -0.1) is 0 Å². The van der Waals surface area contributed by atoms with Gasteiger partial charge in [-0.1, -0.05) is 18.2 Å². The summed E-state index contributed by atoms with van der Waals surface area (Å²) in [7, 11) is 0. The number of fused-ring (bicyclic) bond motifs is 1. The number of hydrogen-bond donors (Lipinski definition) is 5. The van der Waals surface area contributed by atoms with Crippen molar-refractivity contribution in [3.63, 3.8) is 0 Å². The summed E-state index contributed by atoms with van der Waals surface area (Å²) in [5.74, 6) is -3.10. The zero-order valence-corrected chi connectivity index (χ0v) is 13.4. The van der Waals surface area contributed by atoms with Gasteiger partial charge in [-0.25, -0.2) is 4.79 Å². The van der Waals surface area contributed by atoms with E-state index in [1.165, 1.54) is 6.20 Å². The predicted molar refractivity (Wildman–Crippen MR) is 92.1 cm³/mol. The van der Waals surface area contributed by atoms with Crippen LogP contribution in [0.3, 0.4) is 0 Å². The summed E-state index contributed by atoms with van der Waals surface area (Å²) in [6, 6.07) is 5.82. The quantitative estimate of drug-likeness (QED) is 0.148. The SMILES string of the molecule is NC(N)=NCCC[C@@H](NC(=O)C(=O)c1c[nH]c2ccccc12)C(=O)O. The first-order valence-corrected chi connectivity index (χ1v) is 7.59. The number of nitrogens with two attached hydrogens (primary N) is 2. The molecule has 0 radical (unpaired) electrons. The third kappa shape index (κ3) is 4.56. The second-order valence-corrected chi connectivity index (χ2v) is 5.39. The van der Waals surface area contributed by atoms with Crippen LogP contribution in [-0.4, -0.2) is 46.3 Å². The van der Waals surface area contributed by atoms with Crippen molar-refractivity contribution in [1.82, 2.24) is 10.3 Å². The Hall–Kier alpha value is -3.36. The van der Waals surface area contributed by atoms with Crippen LogP contribution in [0.5, 0.6) is 0 Å². The van der Waals surface area contributed by atoms with Crippen molar-refractivity contribution in [3.8, 4) is 0 Å². The van der Waals surface area contributed by atoms with Gasteiger partial charge in [-0.3, -0.25) is 14.6 Å². The molecule has 2 aromatic rings. The maximum absolute atomic E-state index is 12.3. The number of aromatic amines is 1. The van der Waals surface area contributed by atoms with Crippen LogP contribution in [0.4, 0.5) is 0 Å². The van der Waals surface area contributed by atoms with Crippen LogP contribution in [0, 0.1) is 0 Å². The molecule has 1 aromatic carbocycles. The number of amides is 1. The molecule has 0 unspecified atom stereocenters. The number of rotatable bonds is 8. The maximum Gasteiger partial charge on any atom is 0.326 e. The lowest BCUT2D eigenvalue weighted by atomic mass is 10.1. The van der Waals surface area contributed by atoms with E-state index in [9.17, 15) is 19.5 Å². The van der Waals surface area contributed by atoms with Gasteiger partial charge in [0.1, 0.15) is 6.04 Å². The summed E-state index contributed by atoms with van der Waals surface area (Å²) in [5, 5.41) is 12.0. The molecule has 1 amide bonds. The summed E-state index contributed by atoms with van der Waals surface area (Å²) in [6.45, 7) is 0.235. The van der Waals surface area contributed by atoms with Crippen molar-refractivity contribution >= 4 is 34.5 Å². The summed E-state index contributed by atoms with van der Waals surface area (Å²) in [6.07, 6.45) is 1.87. The van der Waals surface area contributed by atoms with Gasteiger partial charge < -0.3 is 26.9 Å². The van der Waals surface area contributed by atoms with Crippen molar-refractivity contribution in [3.05, 3.63) is 36.0 Å². The Morgan fingerprint density at radius 2 is 1.96 bits per heavy atom. The number of para-hydroxylation sites is 1. The van der Waals surface area contributed by atoms with E-state index in [1.54, 1.807) is 24.3 Å². The van der Waals surface area contributed by atoms with Gasteiger partial charge in [0.15, 0.2) is 5.96 Å². The fourth-order valence-corrected chi connectivity index (χ4v) is 2.37. The van der Waals surface area contributed by atoms with Crippen LogP contribution in [-0.2, 0) is 9.59 Å². The van der Waals surface area contributed by atoms with Crippen LogP contribution in [0.1, 0.15) is 23.2 Å². The molecule has 132 valence electrons. The minimum absolute atomic E-state index is 0.0922. The number of carboxylic acids is 1. The van der Waals surface area contributed by atoms with Gasteiger partial charge in [-0.2, -0.15) is 0 Å². The highest BCUT2D eigenvalue weighted by atomic mass is 16.4. The number of nitrogens with zero attached hydrogens (tertiary/aromatic N) is 1. The van der Waals surface area contributed by atoms with Crippen LogP contribution >= 0.6 is 0 Å². The highest BCUT2D eigenvalue weighted by Gasteiger charge is 2.25. The van der Waals surface area contributed by atoms with E-state index in [0.29, 0.717) is 17.3 Å². The number of guanidine groups is 1. The number of nitrogens with one attached hydrogen (secondary N) is 2. The van der Waals surface area contributed by atoms with Crippen molar-refractivity contribution < 1.29 is 19.5 Å². The summed E-state index contributed by atoms with van der Waals surface area (Å²) in [4.78, 5) is 42.4. The minimum atomic E-state index is -1.23. The zero-order valence-electron chi connectivity index (χ0n) is 13.4. The topological polar surface area (TPSA) is 164 Å². The first kappa shape index (κ1) is 18.0. The number of carbonyl (C=O) groups excluding carboxylic acids is 2. The number of ketones is 1. The molecule has 2 rings (SSSR count). The minimum Gasteiger partial charge on any atom is -0.480 e. The van der Waals surface area contributed by atoms with E-state index in [2.05, 4.69) is 15.3 Å². The fraction of sp³-hybridized carbons (Fsp3) is 0.250. The number of benzene rings is 1. The molecule has 1 atom stereocenters. The zero-order chi connectivity index (χ0) is 18.4. The van der Waals surface area contributed by atoms with Crippen LogP contribution in [0.15, 0.2) is 35.5 Å². The summed E-state index contributed by atoms with van der Waals surface area (Å²) in [5.41, 5.74) is 11.3. The van der Waals surface area contributed by atoms with E-state index in [-0.39, 0.29) is 24.5 Å². The molecule has 1 aromatic heterocycles. The van der Waals surface area contributed by atoms with E-state index >= 15 is 0 Å². The van der Waals surface area contributed by atoms with Crippen LogP contribution < -0.4 is 16.8 Å². The van der Waals surface area contributed by atoms with Gasteiger partial charge in [0.05, 0.1) is 5.56 Å². The van der Waals surface area contributed by atoms with Crippen molar-refractivity contribution in [1.29, 1.82) is 0 Å². The maximum atomic E-state index is 12.3. The first-order valence-electron chi connectivity index (χ1n) is 7.59. The lowest BCUT2D eigenvalue weighted by Gasteiger charge is -2.13. The molecule has 9 nitrogen and oxygen atoms in total. The number of Topliss-reactive ketones (excluding diaryl/α,β-unsaturated/α-hetero) is 1. The third-order valence-electron chi connectivity index (χ3n) is 3.59. The van der Waals surface area contributed by atoms with Gasteiger partial charge in [0.2, 0.25) is 0 Å². The molecular formula is C16H19N5O4. The average molecular weight is 345 g/mol. The molecule has 7 N–H and O–H groups in total. The lowest BCUT2D eigenvalue weighted by molar-refractivity contribution is -0.141. The molecule has 0 aliphatic carbocycles. The molecule has 1 heterocycles. The predicted octanol–water partition coefficient (Wildman–Crippen LogP) is -0.0264. The number of aromatic nitrogens is 1.